The van der Waals surface area contributed by atoms with Crippen molar-refractivity contribution in [1.29, 1.82) is 0 Å². The number of rotatable bonds is 7. The van der Waals surface area contributed by atoms with Gasteiger partial charge in [-0.2, -0.15) is 26.3 Å². The number of halogens is 6. The van der Waals surface area contributed by atoms with Crippen LogP contribution in [0.15, 0.2) is 42.5 Å². The molecule has 0 amide bonds. The van der Waals surface area contributed by atoms with E-state index in [0.29, 0.717) is 38.4 Å². The monoisotopic (exact) mass is 488 g/mol. The van der Waals surface area contributed by atoms with Crippen LogP contribution in [0.25, 0.3) is 0 Å². The van der Waals surface area contributed by atoms with Crippen molar-refractivity contribution in [3.63, 3.8) is 0 Å². The summed E-state index contributed by atoms with van der Waals surface area (Å²) in [6.07, 6.45) is -8.83. The summed E-state index contributed by atoms with van der Waals surface area (Å²) in [6.45, 7) is 3.69. The molecule has 2 aromatic rings. The van der Waals surface area contributed by atoms with Gasteiger partial charge in [-0.05, 0) is 62.1 Å². The number of likely N-dealkylation sites (N-methyl/N-ethyl adjacent to an activating group) is 2. The van der Waals surface area contributed by atoms with Gasteiger partial charge in [-0.3, -0.25) is 4.90 Å². The van der Waals surface area contributed by atoms with Crippen LogP contribution in [0, 0.1) is 0 Å². The molecule has 0 bridgehead atoms. The fraction of sp³-hybridized carbons (Fsp3) is 0.500. The van der Waals surface area contributed by atoms with Gasteiger partial charge in [0.25, 0.3) is 0 Å². The minimum atomic E-state index is -4.45. The van der Waals surface area contributed by atoms with Gasteiger partial charge in [0, 0.05) is 64.2 Å². The lowest BCUT2D eigenvalue weighted by Gasteiger charge is -2.36. The molecule has 1 saturated heterocycles. The Morgan fingerprint density at radius 2 is 1.38 bits per heavy atom. The third kappa shape index (κ3) is 6.79. The van der Waals surface area contributed by atoms with Crippen LogP contribution in [0.4, 0.5) is 37.7 Å². The fourth-order valence-corrected chi connectivity index (χ4v) is 3.97. The average Bonchev–Trinajstić information content (AvgIpc) is 2.76. The van der Waals surface area contributed by atoms with E-state index in [4.69, 9.17) is 0 Å². The molecule has 0 spiro atoms. The highest BCUT2D eigenvalue weighted by atomic mass is 19.4. The summed E-state index contributed by atoms with van der Waals surface area (Å²) in [4.78, 5) is 7.85. The highest BCUT2D eigenvalue weighted by molar-refractivity contribution is 5.52. The summed E-state index contributed by atoms with van der Waals surface area (Å²) in [5, 5.41) is 0. The van der Waals surface area contributed by atoms with Crippen LogP contribution in [0.3, 0.4) is 0 Å². The summed E-state index contributed by atoms with van der Waals surface area (Å²) in [5.74, 6) is 0. The highest BCUT2D eigenvalue weighted by Gasteiger charge is 2.34. The molecule has 1 heterocycles. The molecule has 3 rings (SSSR count). The smallest absolute Gasteiger partial charge is 0.373 e. The van der Waals surface area contributed by atoms with E-state index < -0.39 is 23.5 Å². The van der Waals surface area contributed by atoms with Crippen molar-refractivity contribution in [2.45, 2.75) is 18.9 Å². The van der Waals surface area contributed by atoms with Crippen LogP contribution in [-0.4, -0.2) is 70.2 Å². The molecule has 10 heteroatoms. The number of nitrogens with zero attached hydrogens (tertiary/aromatic N) is 4. The maximum absolute atomic E-state index is 13.7. The molecule has 1 aliphatic rings. The van der Waals surface area contributed by atoms with Crippen molar-refractivity contribution < 1.29 is 26.3 Å². The lowest BCUT2D eigenvalue weighted by molar-refractivity contribution is -0.139. The van der Waals surface area contributed by atoms with Crippen LogP contribution in [0.2, 0.25) is 0 Å². The van der Waals surface area contributed by atoms with Gasteiger partial charge < -0.3 is 14.7 Å². The molecule has 0 N–H and O–H groups in total. The molecule has 188 valence electrons. The molecule has 2 aromatic carbocycles. The van der Waals surface area contributed by atoms with E-state index in [-0.39, 0.29) is 12.1 Å². The molecule has 4 nitrogen and oxygen atoms in total. The Morgan fingerprint density at radius 3 is 1.91 bits per heavy atom. The Balaban J connectivity index is 1.68. The number of anilines is 2. The van der Waals surface area contributed by atoms with Gasteiger partial charge in [0.2, 0.25) is 0 Å². The zero-order valence-electron chi connectivity index (χ0n) is 19.5. The minimum Gasteiger partial charge on any atom is -0.373 e. The van der Waals surface area contributed by atoms with Gasteiger partial charge in [-0.25, -0.2) is 0 Å². The lowest BCUT2D eigenvalue weighted by Crippen LogP contribution is -2.46. The van der Waals surface area contributed by atoms with E-state index in [1.807, 2.05) is 40.7 Å². The molecule has 0 radical (unpaired) electrons. The van der Waals surface area contributed by atoms with Crippen molar-refractivity contribution in [2.75, 3.05) is 70.2 Å². The lowest BCUT2D eigenvalue weighted by atomic mass is 10.0. The number of hydrogen-bond acceptors (Lipinski definition) is 4. The number of piperazine rings is 1. The van der Waals surface area contributed by atoms with Gasteiger partial charge in [-0.15, -0.1) is 0 Å². The van der Waals surface area contributed by atoms with E-state index in [2.05, 4.69) is 0 Å². The third-order valence-corrected chi connectivity index (χ3v) is 6.04. The first-order valence-corrected chi connectivity index (χ1v) is 11.0. The van der Waals surface area contributed by atoms with Crippen LogP contribution < -0.4 is 9.80 Å². The summed E-state index contributed by atoms with van der Waals surface area (Å²) < 4.78 is 79.3. The Kier molecular flexibility index (Phi) is 8.02. The maximum Gasteiger partial charge on any atom is 0.416 e. The molecule has 0 atom stereocenters. The van der Waals surface area contributed by atoms with E-state index in [1.165, 1.54) is 18.2 Å². The topological polar surface area (TPSA) is 13.0 Å². The minimum absolute atomic E-state index is 0.158. The first kappa shape index (κ1) is 26.2. The van der Waals surface area contributed by atoms with Crippen molar-refractivity contribution in [3.05, 3.63) is 59.2 Å². The summed E-state index contributed by atoms with van der Waals surface area (Å²) in [5.41, 5.74) is 0.290. The van der Waals surface area contributed by atoms with Crippen molar-refractivity contribution >= 4 is 11.4 Å². The second kappa shape index (κ2) is 10.4. The van der Waals surface area contributed by atoms with Crippen LogP contribution in [0.1, 0.15) is 16.7 Å². The predicted octanol–water partition coefficient (Wildman–Crippen LogP) is 5.04. The Labute approximate surface area is 196 Å². The summed E-state index contributed by atoms with van der Waals surface area (Å²) >= 11 is 0. The number of benzene rings is 2. The highest BCUT2D eigenvalue weighted by Crippen LogP contribution is 2.35. The number of alkyl halides is 6. The molecule has 1 fully saturated rings. The second-order valence-electron chi connectivity index (χ2n) is 8.87. The predicted molar refractivity (Wildman–Crippen MR) is 122 cm³/mol. The van der Waals surface area contributed by atoms with Gasteiger partial charge in [0.15, 0.2) is 0 Å². The van der Waals surface area contributed by atoms with Crippen LogP contribution >= 0.6 is 0 Å². The maximum atomic E-state index is 13.7. The van der Waals surface area contributed by atoms with Crippen molar-refractivity contribution in [3.8, 4) is 0 Å². The first-order valence-electron chi connectivity index (χ1n) is 11.0. The van der Waals surface area contributed by atoms with Crippen molar-refractivity contribution in [2.24, 2.45) is 0 Å². The molecule has 1 aliphatic heterocycles. The largest absolute Gasteiger partial charge is 0.416 e. The average molecular weight is 489 g/mol. The molecular formula is C24H30F6N4. The van der Waals surface area contributed by atoms with E-state index in [1.54, 1.807) is 6.07 Å². The quantitative estimate of drug-likeness (QED) is 0.506. The molecule has 0 aromatic heterocycles. The number of hydrogen-bond donors (Lipinski definition) is 0. The van der Waals surface area contributed by atoms with E-state index in [0.717, 1.165) is 30.4 Å². The van der Waals surface area contributed by atoms with Crippen molar-refractivity contribution in [1.82, 2.24) is 9.80 Å². The fourth-order valence-electron chi connectivity index (χ4n) is 3.97. The Bertz CT molecular complexity index is 932. The molecular weight excluding hydrogens is 458 g/mol. The van der Waals surface area contributed by atoms with Crippen LogP contribution in [-0.2, 0) is 18.9 Å². The normalized spacial score (nSPS) is 15.8. The Hall–Kier alpha value is -2.46. The Morgan fingerprint density at radius 1 is 0.765 bits per heavy atom. The standard InChI is InChI=1S/C24H30F6N4/c1-31(2)10-11-32(3)21-8-9-22(24(28,29)30)18(16-21)17-33-12-14-34(15-13-33)20-6-4-19(5-7-20)23(25,26)27/h4-9,16H,10-15,17H2,1-3H3. The molecule has 0 saturated carbocycles. The zero-order valence-corrected chi connectivity index (χ0v) is 19.5. The third-order valence-electron chi connectivity index (χ3n) is 6.04. The van der Waals surface area contributed by atoms with Gasteiger partial charge in [0.1, 0.15) is 0 Å². The van der Waals surface area contributed by atoms with Crippen LogP contribution in [0.5, 0.6) is 0 Å². The first-order chi connectivity index (χ1) is 15.8. The zero-order chi connectivity index (χ0) is 25.1. The van der Waals surface area contributed by atoms with E-state index >= 15 is 0 Å². The van der Waals surface area contributed by atoms with Gasteiger partial charge in [-0.1, -0.05) is 0 Å². The molecule has 34 heavy (non-hydrogen) atoms. The summed E-state index contributed by atoms with van der Waals surface area (Å²) in [7, 11) is 5.74. The SMILES string of the molecule is CN(C)CCN(C)c1ccc(C(F)(F)F)c(CN2CCN(c3ccc(C(F)(F)F)cc3)CC2)c1. The van der Waals surface area contributed by atoms with E-state index in [9.17, 15) is 26.3 Å². The molecule has 0 unspecified atom stereocenters. The van der Waals surface area contributed by atoms with Gasteiger partial charge in [0.05, 0.1) is 11.1 Å². The summed E-state index contributed by atoms with van der Waals surface area (Å²) in [6, 6.07) is 9.24. The molecule has 0 aliphatic carbocycles. The second-order valence-corrected chi connectivity index (χ2v) is 8.87. The van der Waals surface area contributed by atoms with Gasteiger partial charge >= 0.3 is 12.4 Å².